The predicted octanol–water partition coefficient (Wildman–Crippen LogP) is 3.52. The molecular weight excluding hydrogens is 219 g/mol. The van der Waals surface area contributed by atoms with E-state index in [-0.39, 0.29) is 12.6 Å². The van der Waals surface area contributed by atoms with Crippen LogP contribution in [0.5, 0.6) is 0 Å². The number of hydrogen-bond donors (Lipinski definition) is 0. The highest BCUT2D eigenvalue weighted by atomic mass is 79.9. The molecule has 0 heterocycles. The maximum Gasteiger partial charge on any atom is 0.0928 e. The lowest BCUT2D eigenvalue weighted by Crippen LogP contribution is -1.85. The van der Waals surface area contributed by atoms with Gasteiger partial charge in [0, 0.05) is 4.47 Å². The van der Waals surface area contributed by atoms with E-state index in [4.69, 9.17) is 0 Å². The number of benzene rings is 1. The van der Waals surface area contributed by atoms with Crippen molar-refractivity contribution >= 4 is 15.9 Å². The van der Waals surface area contributed by atoms with Crippen molar-refractivity contribution in [1.82, 2.24) is 0 Å². The Morgan fingerprint density at radius 1 is 1.42 bits per heavy atom. The zero-order valence-corrected chi connectivity index (χ0v) is 8.22. The Balaban J connectivity index is 2.19. The lowest BCUT2D eigenvalue weighted by atomic mass is 10.1. The molecular formula is C10H10BrF. The van der Waals surface area contributed by atoms with Crippen LogP contribution in [0.1, 0.15) is 17.9 Å². The largest absolute Gasteiger partial charge is 0.251 e. The second-order valence-electron chi connectivity index (χ2n) is 3.28. The van der Waals surface area contributed by atoms with Gasteiger partial charge < -0.3 is 0 Å². The second kappa shape index (κ2) is 3.17. The minimum absolute atomic E-state index is 0.175. The summed E-state index contributed by atoms with van der Waals surface area (Å²) in [4.78, 5) is 0. The quantitative estimate of drug-likeness (QED) is 0.727. The average Bonchev–Trinajstić information content (AvgIpc) is 2.84. The van der Waals surface area contributed by atoms with E-state index in [1.807, 2.05) is 18.2 Å². The molecule has 0 radical (unpaired) electrons. The third-order valence-corrected chi connectivity index (χ3v) is 3.15. The highest BCUT2D eigenvalue weighted by molar-refractivity contribution is 9.10. The normalized spacial score (nSPS) is 27.2. The number of alkyl halides is 1. The van der Waals surface area contributed by atoms with Gasteiger partial charge in [0.2, 0.25) is 0 Å². The summed E-state index contributed by atoms with van der Waals surface area (Å²) in [6.45, 7) is -0.175. The molecule has 2 heteroatoms. The van der Waals surface area contributed by atoms with Crippen LogP contribution < -0.4 is 0 Å². The third kappa shape index (κ3) is 1.40. The van der Waals surface area contributed by atoms with Crippen molar-refractivity contribution in [3.05, 3.63) is 34.3 Å². The molecule has 12 heavy (non-hydrogen) atoms. The van der Waals surface area contributed by atoms with Crippen molar-refractivity contribution < 1.29 is 4.39 Å². The third-order valence-electron chi connectivity index (χ3n) is 2.43. The minimum atomic E-state index is -0.175. The summed E-state index contributed by atoms with van der Waals surface area (Å²) in [5, 5.41) is 0. The number of halogens is 2. The molecule has 1 fully saturated rings. The Morgan fingerprint density at radius 3 is 2.75 bits per heavy atom. The highest BCUT2D eigenvalue weighted by Crippen LogP contribution is 2.49. The maximum atomic E-state index is 12.2. The van der Waals surface area contributed by atoms with Gasteiger partial charge in [0.25, 0.3) is 0 Å². The Kier molecular flexibility index (Phi) is 2.18. The van der Waals surface area contributed by atoms with E-state index in [2.05, 4.69) is 22.0 Å². The van der Waals surface area contributed by atoms with Crippen LogP contribution in [0.2, 0.25) is 0 Å². The molecule has 1 aliphatic rings. The summed E-state index contributed by atoms with van der Waals surface area (Å²) in [5.74, 6) is 0.745. The van der Waals surface area contributed by atoms with E-state index >= 15 is 0 Å². The molecule has 0 bridgehead atoms. The van der Waals surface area contributed by atoms with E-state index < -0.39 is 0 Å². The number of hydrogen-bond acceptors (Lipinski definition) is 0. The van der Waals surface area contributed by atoms with Crippen LogP contribution in [0.3, 0.4) is 0 Å². The second-order valence-corrected chi connectivity index (χ2v) is 4.13. The molecule has 1 saturated carbocycles. The van der Waals surface area contributed by atoms with Crippen molar-refractivity contribution in [1.29, 1.82) is 0 Å². The van der Waals surface area contributed by atoms with Crippen LogP contribution in [0.15, 0.2) is 28.7 Å². The fraction of sp³-hybridized carbons (Fsp3) is 0.400. The molecule has 0 amide bonds. The van der Waals surface area contributed by atoms with Crippen LogP contribution >= 0.6 is 15.9 Å². The maximum absolute atomic E-state index is 12.2. The first-order chi connectivity index (χ1) is 5.83. The molecule has 0 nitrogen and oxygen atoms in total. The van der Waals surface area contributed by atoms with E-state index in [1.54, 1.807) is 0 Å². The van der Waals surface area contributed by atoms with E-state index in [9.17, 15) is 4.39 Å². The summed E-state index contributed by atoms with van der Waals surface area (Å²) in [7, 11) is 0. The van der Waals surface area contributed by atoms with Gasteiger partial charge in [0.15, 0.2) is 0 Å². The first-order valence-electron chi connectivity index (χ1n) is 4.13. The molecule has 1 aromatic rings. The van der Waals surface area contributed by atoms with Gasteiger partial charge in [-0.1, -0.05) is 34.1 Å². The van der Waals surface area contributed by atoms with E-state index in [0.717, 1.165) is 10.9 Å². The molecule has 64 valence electrons. The predicted molar refractivity (Wildman–Crippen MR) is 51.0 cm³/mol. The van der Waals surface area contributed by atoms with E-state index in [0.29, 0.717) is 5.92 Å². The molecule has 0 N–H and O–H groups in total. The molecule has 1 aliphatic carbocycles. The summed E-state index contributed by atoms with van der Waals surface area (Å²) in [6.07, 6.45) is 1.01. The summed E-state index contributed by atoms with van der Waals surface area (Å²) in [5.41, 5.74) is 1.26. The molecule has 2 rings (SSSR count). The first-order valence-corrected chi connectivity index (χ1v) is 4.92. The SMILES string of the molecule is FCC1CC1c1ccccc1Br. The van der Waals surface area contributed by atoms with Gasteiger partial charge in [0.05, 0.1) is 6.67 Å². The van der Waals surface area contributed by atoms with Crippen LogP contribution in [0, 0.1) is 5.92 Å². The summed E-state index contributed by atoms with van der Waals surface area (Å²) < 4.78 is 13.3. The zero-order valence-electron chi connectivity index (χ0n) is 6.63. The van der Waals surface area contributed by atoms with Gasteiger partial charge in [-0.05, 0) is 29.9 Å². The van der Waals surface area contributed by atoms with Gasteiger partial charge in [0.1, 0.15) is 0 Å². The zero-order chi connectivity index (χ0) is 8.55. The molecule has 1 aromatic carbocycles. The van der Waals surface area contributed by atoms with Gasteiger partial charge in [-0.3, -0.25) is 4.39 Å². The summed E-state index contributed by atoms with van der Waals surface area (Å²) in [6, 6.07) is 8.08. The lowest BCUT2D eigenvalue weighted by molar-refractivity contribution is 0.452. The van der Waals surface area contributed by atoms with Gasteiger partial charge in [-0.25, -0.2) is 0 Å². The number of rotatable bonds is 2. The Morgan fingerprint density at radius 2 is 2.17 bits per heavy atom. The monoisotopic (exact) mass is 228 g/mol. The Hall–Kier alpha value is -0.370. The van der Waals surface area contributed by atoms with Crippen LogP contribution in [-0.2, 0) is 0 Å². The molecule has 0 aromatic heterocycles. The first kappa shape index (κ1) is 8.24. The topological polar surface area (TPSA) is 0 Å². The van der Waals surface area contributed by atoms with Crippen molar-refractivity contribution in [3.8, 4) is 0 Å². The van der Waals surface area contributed by atoms with Gasteiger partial charge in [-0.15, -0.1) is 0 Å². The van der Waals surface area contributed by atoms with Gasteiger partial charge in [-0.2, -0.15) is 0 Å². The van der Waals surface area contributed by atoms with Gasteiger partial charge >= 0.3 is 0 Å². The van der Waals surface area contributed by atoms with Crippen molar-refractivity contribution in [2.75, 3.05) is 6.67 Å². The Labute approximate surface area is 79.9 Å². The van der Waals surface area contributed by atoms with Crippen LogP contribution in [-0.4, -0.2) is 6.67 Å². The molecule has 0 saturated heterocycles. The van der Waals surface area contributed by atoms with Crippen LogP contribution in [0.25, 0.3) is 0 Å². The fourth-order valence-corrected chi connectivity index (χ4v) is 2.15. The molecule has 2 unspecified atom stereocenters. The molecule has 0 aliphatic heterocycles. The molecule has 0 spiro atoms. The van der Waals surface area contributed by atoms with E-state index in [1.165, 1.54) is 5.56 Å². The van der Waals surface area contributed by atoms with Crippen molar-refractivity contribution in [3.63, 3.8) is 0 Å². The average molecular weight is 229 g/mol. The van der Waals surface area contributed by atoms with Crippen molar-refractivity contribution in [2.24, 2.45) is 5.92 Å². The minimum Gasteiger partial charge on any atom is -0.251 e. The standard InChI is InChI=1S/C10H10BrF/c11-10-4-2-1-3-8(10)9-5-7(9)6-12/h1-4,7,9H,5-6H2. The lowest BCUT2D eigenvalue weighted by Gasteiger charge is -2.00. The smallest absolute Gasteiger partial charge is 0.0928 e. The molecule has 2 atom stereocenters. The Bertz CT molecular complexity index is 285. The fourth-order valence-electron chi connectivity index (χ4n) is 1.57. The highest BCUT2D eigenvalue weighted by Gasteiger charge is 2.38. The summed E-state index contributed by atoms with van der Waals surface area (Å²) >= 11 is 3.47. The van der Waals surface area contributed by atoms with Crippen molar-refractivity contribution in [2.45, 2.75) is 12.3 Å². The van der Waals surface area contributed by atoms with Crippen LogP contribution in [0.4, 0.5) is 4.39 Å².